The van der Waals surface area contributed by atoms with Gasteiger partial charge < -0.3 is 14.8 Å². The van der Waals surface area contributed by atoms with Crippen LogP contribution in [0.25, 0.3) is 10.9 Å². The number of aryl methyl sites for hydroxylation is 1. The monoisotopic (exact) mass is 287 g/mol. The molecule has 1 N–H and O–H groups in total. The Morgan fingerprint density at radius 3 is 2.67 bits per heavy atom. The van der Waals surface area contributed by atoms with Crippen LogP contribution in [0, 0.1) is 0 Å². The average molecular weight is 287 g/mol. The maximum Gasteiger partial charge on any atom is 0.224 e. The molecule has 0 unspecified atom stereocenters. The van der Waals surface area contributed by atoms with Crippen molar-refractivity contribution in [2.45, 2.75) is 20.3 Å². The molecule has 2 aromatic rings. The third kappa shape index (κ3) is 3.85. The number of likely N-dealkylation sites (N-methyl/N-ethyl adjacent to an activating group) is 1. The fraction of sp³-hybridized carbons (Fsp3) is 0.471. The first-order valence-corrected chi connectivity index (χ1v) is 7.67. The second-order valence-corrected chi connectivity index (χ2v) is 5.34. The zero-order chi connectivity index (χ0) is 15.2. The fourth-order valence-corrected chi connectivity index (χ4v) is 2.70. The predicted molar refractivity (Wildman–Crippen MR) is 87.4 cm³/mol. The van der Waals surface area contributed by atoms with E-state index in [9.17, 15) is 4.79 Å². The lowest BCUT2D eigenvalue weighted by Gasteiger charge is -2.17. The van der Waals surface area contributed by atoms with Crippen molar-refractivity contribution in [2.24, 2.45) is 7.05 Å². The van der Waals surface area contributed by atoms with E-state index < -0.39 is 0 Å². The summed E-state index contributed by atoms with van der Waals surface area (Å²) >= 11 is 0. The van der Waals surface area contributed by atoms with E-state index >= 15 is 0 Å². The van der Waals surface area contributed by atoms with E-state index in [2.05, 4.69) is 47.0 Å². The number of nitrogens with one attached hydrogen (secondary N) is 1. The summed E-state index contributed by atoms with van der Waals surface area (Å²) in [5, 5.41) is 4.18. The van der Waals surface area contributed by atoms with Gasteiger partial charge in [0.1, 0.15) is 0 Å². The van der Waals surface area contributed by atoms with Gasteiger partial charge in [0.25, 0.3) is 0 Å². The van der Waals surface area contributed by atoms with Crippen LogP contribution in [0.1, 0.15) is 19.4 Å². The van der Waals surface area contributed by atoms with Crippen molar-refractivity contribution in [3.05, 3.63) is 36.0 Å². The summed E-state index contributed by atoms with van der Waals surface area (Å²) < 4.78 is 2.08. The van der Waals surface area contributed by atoms with Crippen LogP contribution < -0.4 is 5.32 Å². The van der Waals surface area contributed by atoms with Crippen molar-refractivity contribution < 1.29 is 4.79 Å². The number of rotatable bonds is 7. The maximum atomic E-state index is 12.1. The lowest BCUT2D eigenvalue weighted by molar-refractivity contribution is -0.120. The predicted octanol–water partition coefficient (Wildman–Crippen LogP) is 2.18. The van der Waals surface area contributed by atoms with Crippen LogP contribution in [0.5, 0.6) is 0 Å². The summed E-state index contributed by atoms with van der Waals surface area (Å²) in [6.07, 6.45) is 2.49. The zero-order valence-electron chi connectivity index (χ0n) is 13.2. The molecule has 0 bridgehead atoms. The lowest BCUT2D eigenvalue weighted by atomic mass is 10.1. The normalized spacial score (nSPS) is 11.2. The molecule has 0 aliphatic heterocycles. The quantitative estimate of drug-likeness (QED) is 0.847. The van der Waals surface area contributed by atoms with Crippen LogP contribution in [0.3, 0.4) is 0 Å². The first-order valence-electron chi connectivity index (χ1n) is 7.67. The first kappa shape index (κ1) is 15.6. The number of carbonyl (C=O) groups excluding carboxylic acids is 1. The molecule has 0 radical (unpaired) electrons. The summed E-state index contributed by atoms with van der Waals surface area (Å²) in [4.78, 5) is 14.4. The van der Waals surface area contributed by atoms with Crippen molar-refractivity contribution >= 4 is 16.8 Å². The molecular formula is C17H25N3O. The highest BCUT2D eigenvalue weighted by molar-refractivity contribution is 5.89. The van der Waals surface area contributed by atoms with Crippen molar-refractivity contribution in [3.8, 4) is 0 Å². The lowest BCUT2D eigenvalue weighted by Crippen LogP contribution is -2.35. The molecule has 1 aromatic heterocycles. The Balaban J connectivity index is 1.93. The molecule has 0 spiro atoms. The number of carbonyl (C=O) groups is 1. The van der Waals surface area contributed by atoms with E-state index in [1.54, 1.807) is 0 Å². The second kappa shape index (κ2) is 7.27. The summed E-state index contributed by atoms with van der Waals surface area (Å²) in [5.41, 5.74) is 2.26. The van der Waals surface area contributed by atoms with Crippen molar-refractivity contribution in [1.82, 2.24) is 14.8 Å². The summed E-state index contributed by atoms with van der Waals surface area (Å²) in [6.45, 7) is 7.95. The van der Waals surface area contributed by atoms with Crippen LogP contribution in [0.2, 0.25) is 0 Å². The highest BCUT2D eigenvalue weighted by atomic mass is 16.1. The number of para-hydroxylation sites is 1. The molecule has 0 fully saturated rings. The molecular weight excluding hydrogens is 262 g/mol. The van der Waals surface area contributed by atoms with Gasteiger partial charge in [-0.25, -0.2) is 0 Å². The number of fused-ring (bicyclic) bond motifs is 1. The van der Waals surface area contributed by atoms with Crippen molar-refractivity contribution in [2.75, 3.05) is 26.2 Å². The molecule has 1 amide bonds. The number of nitrogens with zero attached hydrogens (tertiary/aromatic N) is 2. The van der Waals surface area contributed by atoms with Gasteiger partial charge in [-0.1, -0.05) is 32.0 Å². The van der Waals surface area contributed by atoms with Crippen LogP contribution in [-0.4, -0.2) is 41.6 Å². The smallest absolute Gasteiger partial charge is 0.224 e. The summed E-state index contributed by atoms with van der Waals surface area (Å²) in [6, 6.07) is 8.20. The summed E-state index contributed by atoms with van der Waals surface area (Å²) in [5.74, 6) is 0.0958. The van der Waals surface area contributed by atoms with Gasteiger partial charge in [-0.2, -0.15) is 0 Å². The number of benzene rings is 1. The zero-order valence-corrected chi connectivity index (χ0v) is 13.2. The minimum atomic E-state index is 0.0958. The highest BCUT2D eigenvalue weighted by Crippen LogP contribution is 2.20. The second-order valence-electron chi connectivity index (χ2n) is 5.34. The van der Waals surface area contributed by atoms with Gasteiger partial charge in [-0.05, 0) is 24.7 Å². The first-order chi connectivity index (χ1) is 10.2. The standard InChI is InChI=1S/C17H25N3O/c1-4-20(5-2)11-10-18-17(21)12-14-13-19(3)16-9-7-6-8-15(14)16/h6-9,13H,4-5,10-12H2,1-3H3,(H,18,21). The number of amides is 1. The molecule has 0 atom stereocenters. The van der Waals surface area contributed by atoms with Crippen LogP contribution in [0.4, 0.5) is 0 Å². The Bertz CT molecular complexity index is 599. The van der Waals surface area contributed by atoms with Crippen molar-refractivity contribution in [3.63, 3.8) is 0 Å². The summed E-state index contributed by atoms with van der Waals surface area (Å²) in [7, 11) is 2.02. The Hall–Kier alpha value is -1.81. The third-order valence-electron chi connectivity index (χ3n) is 3.98. The SMILES string of the molecule is CCN(CC)CCNC(=O)Cc1cn(C)c2ccccc12. The molecule has 1 heterocycles. The van der Waals surface area contributed by atoms with Gasteiger partial charge in [-0.3, -0.25) is 4.79 Å². The fourth-order valence-electron chi connectivity index (χ4n) is 2.70. The van der Waals surface area contributed by atoms with Crippen LogP contribution in [-0.2, 0) is 18.3 Å². The Labute approximate surface area is 126 Å². The topological polar surface area (TPSA) is 37.3 Å². The van der Waals surface area contributed by atoms with Gasteiger partial charge >= 0.3 is 0 Å². The van der Waals surface area contributed by atoms with E-state index in [-0.39, 0.29) is 5.91 Å². The van der Waals surface area contributed by atoms with Gasteiger partial charge in [0.15, 0.2) is 0 Å². The Kier molecular flexibility index (Phi) is 5.39. The Morgan fingerprint density at radius 2 is 1.95 bits per heavy atom. The van der Waals surface area contributed by atoms with Gasteiger partial charge in [-0.15, -0.1) is 0 Å². The minimum Gasteiger partial charge on any atom is -0.355 e. The number of hydrogen-bond acceptors (Lipinski definition) is 2. The molecule has 0 aliphatic rings. The molecule has 4 heteroatoms. The van der Waals surface area contributed by atoms with Crippen LogP contribution in [0.15, 0.2) is 30.5 Å². The minimum absolute atomic E-state index is 0.0958. The van der Waals surface area contributed by atoms with E-state index in [1.807, 2.05) is 19.2 Å². The molecule has 0 saturated heterocycles. The molecule has 114 valence electrons. The van der Waals surface area contributed by atoms with Gasteiger partial charge in [0, 0.05) is 37.2 Å². The van der Waals surface area contributed by atoms with E-state index in [0.29, 0.717) is 13.0 Å². The van der Waals surface area contributed by atoms with Crippen LogP contribution >= 0.6 is 0 Å². The van der Waals surface area contributed by atoms with E-state index in [4.69, 9.17) is 0 Å². The molecule has 4 nitrogen and oxygen atoms in total. The van der Waals surface area contributed by atoms with Crippen molar-refractivity contribution in [1.29, 1.82) is 0 Å². The van der Waals surface area contributed by atoms with Gasteiger partial charge in [0.2, 0.25) is 5.91 Å². The molecule has 0 aliphatic carbocycles. The average Bonchev–Trinajstić information content (AvgIpc) is 2.81. The Morgan fingerprint density at radius 1 is 1.24 bits per heavy atom. The van der Waals surface area contributed by atoms with Gasteiger partial charge in [0.05, 0.1) is 6.42 Å². The van der Waals surface area contributed by atoms with E-state index in [1.165, 1.54) is 10.9 Å². The molecule has 0 saturated carbocycles. The number of aromatic nitrogens is 1. The molecule has 1 aromatic carbocycles. The molecule has 2 rings (SSSR count). The largest absolute Gasteiger partial charge is 0.355 e. The maximum absolute atomic E-state index is 12.1. The highest BCUT2D eigenvalue weighted by Gasteiger charge is 2.10. The molecule has 21 heavy (non-hydrogen) atoms. The third-order valence-corrected chi connectivity index (χ3v) is 3.98. The number of hydrogen-bond donors (Lipinski definition) is 1. The van der Waals surface area contributed by atoms with E-state index in [0.717, 1.165) is 25.2 Å².